The fraction of sp³-hybridized carbons (Fsp3) is 0.419. The number of fused-ring (bicyclic) bond motifs is 5. The number of likely N-dealkylation sites (N-methyl/N-ethyl adjacent to an activating group) is 1. The Morgan fingerprint density at radius 1 is 1.00 bits per heavy atom. The summed E-state index contributed by atoms with van der Waals surface area (Å²) in [6.07, 6.45) is 0.0505. The number of nitrogens with zero attached hydrogens (tertiary/aromatic N) is 1. The maximum atomic E-state index is 13.7. The number of benzene rings is 2. The Balaban J connectivity index is 2.08. The third-order valence-electron chi connectivity index (χ3n) is 7.23. The van der Waals surface area contributed by atoms with Crippen LogP contribution in [-0.2, 0) is 39.9 Å². The summed E-state index contributed by atoms with van der Waals surface area (Å²) < 4.78 is 16.2. The molecule has 2 aromatic carbocycles. The molecule has 1 heterocycles. The molecule has 4 N–H and O–H groups in total. The molecule has 0 saturated heterocycles. The van der Waals surface area contributed by atoms with E-state index in [1.807, 2.05) is 0 Å². The Labute approximate surface area is 261 Å². The standard InChI is InChI=1S/C31H39N5O9/c1-17(34-26(38)11-12-32-18(2)37)30(41)36(3)28-20-8-10-25(44-5)22(15-20)21-13-19(7-9-24(21)43-4)14-23(31(42)45-6)35-27(39)16-33-29(28)40/h7-10,13,15,17,23,28H,11-12,14,16H2,1-6H3,(H,32,37)(H,33,40)(H,34,38)(H,35,39). The second kappa shape index (κ2) is 15.5. The van der Waals surface area contributed by atoms with E-state index >= 15 is 0 Å². The van der Waals surface area contributed by atoms with Gasteiger partial charge in [-0.3, -0.25) is 24.0 Å². The maximum absolute atomic E-state index is 13.7. The van der Waals surface area contributed by atoms with Crippen molar-refractivity contribution >= 4 is 35.5 Å². The zero-order chi connectivity index (χ0) is 33.3. The zero-order valence-electron chi connectivity index (χ0n) is 26.1. The lowest BCUT2D eigenvalue weighted by atomic mass is 9.94. The van der Waals surface area contributed by atoms with Crippen LogP contribution in [0.2, 0.25) is 0 Å². The summed E-state index contributed by atoms with van der Waals surface area (Å²) in [6, 6.07) is 6.91. The van der Waals surface area contributed by atoms with E-state index in [1.54, 1.807) is 36.4 Å². The molecule has 1 aliphatic heterocycles. The summed E-state index contributed by atoms with van der Waals surface area (Å²) in [5.74, 6) is -2.42. The van der Waals surface area contributed by atoms with E-state index in [4.69, 9.17) is 14.2 Å². The van der Waals surface area contributed by atoms with Gasteiger partial charge in [0.15, 0.2) is 0 Å². The lowest BCUT2D eigenvalue weighted by molar-refractivity contribution is -0.145. The zero-order valence-corrected chi connectivity index (χ0v) is 26.1. The highest BCUT2D eigenvalue weighted by Crippen LogP contribution is 2.39. The van der Waals surface area contributed by atoms with Crippen molar-refractivity contribution in [1.82, 2.24) is 26.2 Å². The first kappa shape index (κ1) is 34.4. The quantitative estimate of drug-likeness (QED) is 0.284. The van der Waals surface area contributed by atoms with E-state index in [2.05, 4.69) is 21.3 Å². The largest absolute Gasteiger partial charge is 0.496 e. The fourth-order valence-corrected chi connectivity index (χ4v) is 4.99. The molecule has 1 aliphatic rings. The number of hydrogen-bond donors (Lipinski definition) is 4. The van der Waals surface area contributed by atoms with Crippen molar-refractivity contribution in [2.45, 2.75) is 44.8 Å². The van der Waals surface area contributed by atoms with Crippen LogP contribution in [-0.4, -0.2) is 94.0 Å². The molecular formula is C31H39N5O9. The third-order valence-corrected chi connectivity index (χ3v) is 7.23. The number of ether oxygens (including phenoxy) is 3. The highest BCUT2D eigenvalue weighted by Gasteiger charge is 2.33. The molecule has 0 fully saturated rings. The highest BCUT2D eigenvalue weighted by molar-refractivity contribution is 5.95. The summed E-state index contributed by atoms with van der Waals surface area (Å²) in [5.41, 5.74) is 2.19. The summed E-state index contributed by atoms with van der Waals surface area (Å²) >= 11 is 0. The minimum Gasteiger partial charge on any atom is -0.496 e. The average Bonchev–Trinajstić information content (AvgIpc) is 3.01. The number of hydrogen-bond acceptors (Lipinski definition) is 9. The van der Waals surface area contributed by atoms with Gasteiger partial charge in [-0.05, 0) is 42.3 Å². The smallest absolute Gasteiger partial charge is 0.328 e. The lowest BCUT2D eigenvalue weighted by Gasteiger charge is -2.31. The number of carbonyl (C=O) groups is 6. The molecular weight excluding hydrogens is 586 g/mol. The van der Waals surface area contributed by atoms with Gasteiger partial charge in [0.25, 0.3) is 0 Å². The highest BCUT2D eigenvalue weighted by atomic mass is 16.5. The SMILES string of the molecule is COC(=O)C1Cc2ccc(OC)c(c2)-c2cc(ccc2OC)C(N(C)C(=O)C(C)NC(=O)CCNC(C)=O)C(=O)NCC(=O)N1. The van der Waals surface area contributed by atoms with Crippen LogP contribution in [0, 0.1) is 0 Å². The molecule has 3 unspecified atom stereocenters. The van der Waals surface area contributed by atoms with Crippen LogP contribution >= 0.6 is 0 Å². The lowest BCUT2D eigenvalue weighted by Crippen LogP contribution is -2.51. The second-order valence-corrected chi connectivity index (χ2v) is 10.4. The first-order chi connectivity index (χ1) is 21.4. The van der Waals surface area contributed by atoms with Crippen molar-refractivity contribution in [2.24, 2.45) is 0 Å². The van der Waals surface area contributed by atoms with Crippen LogP contribution in [0.1, 0.15) is 37.4 Å². The van der Waals surface area contributed by atoms with E-state index in [1.165, 1.54) is 47.1 Å². The molecule has 14 heteroatoms. The second-order valence-electron chi connectivity index (χ2n) is 10.4. The topological polar surface area (TPSA) is 181 Å². The molecule has 4 bridgehead atoms. The van der Waals surface area contributed by atoms with Crippen molar-refractivity contribution in [2.75, 3.05) is 41.5 Å². The van der Waals surface area contributed by atoms with Crippen molar-refractivity contribution < 1.29 is 43.0 Å². The van der Waals surface area contributed by atoms with Crippen LogP contribution in [0.3, 0.4) is 0 Å². The minimum absolute atomic E-state index is 0.0464. The molecule has 0 aliphatic carbocycles. The maximum Gasteiger partial charge on any atom is 0.328 e. The van der Waals surface area contributed by atoms with Crippen molar-refractivity contribution in [3.05, 3.63) is 47.5 Å². The molecule has 0 radical (unpaired) electrons. The van der Waals surface area contributed by atoms with Crippen LogP contribution < -0.4 is 30.7 Å². The Hall–Kier alpha value is -5.14. The fourth-order valence-electron chi connectivity index (χ4n) is 4.99. The third kappa shape index (κ3) is 8.71. The molecule has 0 spiro atoms. The molecule has 0 saturated carbocycles. The normalized spacial score (nSPS) is 16.9. The molecule has 242 valence electrons. The van der Waals surface area contributed by atoms with E-state index in [0.717, 1.165) is 0 Å². The number of carbonyl (C=O) groups excluding carboxylic acids is 6. The first-order valence-corrected chi connectivity index (χ1v) is 14.2. The van der Waals surface area contributed by atoms with Crippen LogP contribution in [0.5, 0.6) is 11.5 Å². The monoisotopic (exact) mass is 625 g/mol. The number of nitrogens with one attached hydrogen (secondary N) is 4. The molecule has 14 nitrogen and oxygen atoms in total. The number of esters is 1. The summed E-state index contributed by atoms with van der Waals surface area (Å²) in [7, 11) is 5.61. The van der Waals surface area contributed by atoms with Gasteiger partial charge in [-0.15, -0.1) is 0 Å². The molecule has 2 aromatic rings. The number of rotatable bonds is 9. The van der Waals surface area contributed by atoms with Gasteiger partial charge in [0, 0.05) is 44.5 Å². The van der Waals surface area contributed by atoms with Gasteiger partial charge in [0.1, 0.15) is 29.6 Å². The van der Waals surface area contributed by atoms with Crippen LogP contribution in [0.4, 0.5) is 0 Å². The van der Waals surface area contributed by atoms with Crippen LogP contribution in [0.15, 0.2) is 36.4 Å². The molecule has 3 rings (SSSR count). The van der Waals surface area contributed by atoms with Gasteiger partial charge in [-0.1, -0.05) is 12.1 Å². The first-order valence-electron chi connectivity index (χ1n) is 14.2. The Morgan fingerprint density at radius 3 is 2.27 bits per heavy atom. The molecule has 3 atom stereocenters. The van der Waals surface area contributed by atoms with E-state index in [0.29, 0.717) is 33.8 Å². The summed E-state index contributed by atoms with van der Waals surface area (Å²) in [4.78, 5) is 77.3. The van der Waals surface area contributed by atoms with E-state index in [9.17, 15) is 28.8 Å². The predicted octanol–water partition coefficient (Wildman–Crippen LogP) is 0.231. The summed E-state index contributed by atoms with van der Waals surface area (Å²) in [6.45, 7) is 2.42. The number of methoxy groups -OCH3 is 3. The van der Waals surface area contributed by atoms with E-state index < -0.39 is 54.3 Å². The van der Waals surface area contributed by atoms with Crippen molar-refractivity contribution in [3.8, 4) is 22.6 Å². The van der Waals surface area contributed by atoms with Gasteiger partial charge in [-0.25, -0.2) is 4.79 Å². The van der Waals surface area contributed by atoms with Crippen molar-refractivity contribution in [1.29, 1.82) is 0 Å². The molecule has 0 aromatic heterocycles. The average molecular weight is 626 g/mol. The van der Waals surface area contributed by atoms with E-state index in [-0.39, 0.29) is 25.3 Å². The molecule has 5 amide bonds. The summed E-state index contributed by atoms with van der Waals surface area (Å²) in [5, 5.41) is 10.3. The Bertz CT molecular complexity index is 1460. The van der Waals surface area contributed by atoms with Gasteiger partial charge in [-0.2, -0.15) is 0 Å². The van der Waals surface area contributed by atoms with Gasteiger partial charge in [0.2, 0.25) is 29.5 Å². The van der Waals surface area contributed by atoms with Gasteiger partial charge in [0.05, 0.1) is 27.9 Å². The molecule has 45 heavy (non-hydrogen) atoms. The Kier molecular flexibility index (Phi) is 11.9. The van der Waals surface area contributed by atoms with Crippen LogP contribution in [0.25, 0.3) is 11.1 Å². The van der Waals surface area contributed by atoms with Crippen molar-refractivity contribution in [3.63, 3.8) is 0 Å². The van der Waals surface area contributed by atoms with Gasteiger partial charge < -0.3 is 40.4 Å². The minimum atomic E-state index is -1.25. The predicted molar refractivity (Wildman–Crippen MR) is 162 cm³/mol. The Morgan fingerprint density at radius 2 is 1.64 bits per heavy atom. The van der Waals surface area contributed by atoms with Gasteiger partial charge >= 0.3 is 5.97 Å². The number of amides is 5.